The van der Waals surface area contributed by atoms with Gasteiger partial charge in [-0.3, -0.25) is 9.52 Å². The van der Waals surface area contributed by atoms with E-state index in [-0.39, 0.29) is 52.5 Å². The third-order valence-corrected chi connectivity index (χ3v) is 8.46. The Balaban J connectivity index is 1.38. The molecule has 9 nitrogen and oxygen atoms in total. The molecule has 1 aromatic heterocycles. The molecule has 5 rings (SSSR count). The molecule has 15 heteroatoms. The van der Waals surface area contributed by atoms with E-state index in [1.54, 1.807) is 12.1 Å². The minimum atomic E-state index is -4.03. The number of halogens is 5. The third kappa shape index (κ3) is 5.86. The number of aromatic nitrogens is 2. The standard InChI is InChI=1S/C26H22ClF4N5O4S/c1-35-13-32-19-8-9-20(23(29)21(19)25(35)37)33-24-18(28)7-6-17(22(24)27)14-2-4-15(5-3-14)34-41(38,39)36-11-10-16(12-36)40-26(30)31/h2-9,13,16,26,33-34H,10-12H2,1H3/t16-/m1/s1. The van der Waals surface area contributed by atoms with Gasteiger partial charge >= 0.3 is 16.8 Å². The molecule has 2 heterocycles. The predicted octanol–water partition coefficient (Wildman–Crippen LogP) is 5.25. The fourth-order valence-electron chi connectivity index (χ4n) is 4.48. The SMILES string of the molecule is Cn1cnc2ccc(Nc3c(F)ccc(-c4ccc(NS(=O)(=O)N5CC[C@@H](OC(F)F)C5)cc4)c3Cl)c(F)c2c1=O. The number of nitrogens with one attached hydrogen (secondary N) is 2. The number of anilines is 3. The number of aryl methyl sites for hydroxylation is 1. The second kappa shape index (κ2) is 11.3. The maximum atomic E-state index is 15.3. The van der Waals surface area contributed by atoms with Gasteiger partial charge in [-0.15, -0.1) is 0 Å². The molecule has 1 fully saturated rings. The van der Waals surface area contributed by atoms with Crippen LogP contribution in [-0.2, 0) is 22.0 Å². The Morgan fingerprint density at radius 3 is 2.54 bits per heavy atom. The molecule has 2 N–H and O–H groups in total. The topological polar surface area (TPSA) is 106 Å². The molecule has 1 aliphatic rings. The lowest BCUT2D eigenvalue weighted by atomic mass is 10.0. The van der Waals surface area contributed by atoms with Crippen LogP contribution >= 0.6 is 11.6 Å². The fraction of sp³-hybridized carbons (Fsp3) is 0.231. The molecule has 3 aromatic carbocycles. The van der Waals surface area contributed by atoms with Gasteiger partial charge in [0.2, 0.25) is 0 Å². The molecule has 4 aromatic rings. The van der Waals surface area contributed by atoms with Gasteiger partial charge < -0.3 is 14.6 Å². The highest BCUT2D eigenvalue weighted by atomic mass is 35.5. The van der Waals surface area contributed by atoms with E-state index < -0.39 is 40.1 Å². The van der Waals surface area contributed by atoms with Crippen LogP contribution in [0.4, 0.5) is 34.6 Å². The Kier molecular flexibility index (Phi) is 7.92. The summed E-state index contributed by atoms with van der Waals surface area (Å²) in [5, 5.41) is 2.28. The first-order valence-electron chi connectivity index (χ1n) is 12.2. The zero-order valence-corrected chi connectivity index (χ0v) is 22.8. The van der Waals surface area contributed by atoms with Crippen molar-refractivity contribution in [2.75, 3.05) is 23.1 Å². The quantitative estimate of drug-likeness (QED) is 0.264. The first-order valence-corrected chi connectivity index (χ1v) is 14.0. The molecule has 0 aliphatic carbocycles. The highest BCUT2D eigenvalue weighted by Crippen LogP contribution is 2.38. The van der Waals surface area contributed by atoms with Gasteiger partial charge in [0.15, 0.2) is 5.82 Å². The van der Waals surface area contributed by atoms with E-state index in [0.717, 1.165) is 14.9 Å². The molecular weight excluding hydrogens is 590 g/mol. The second-order valence-electron chi connectivity index (χ2n) is 9.24. The van der Waals surface area contributed by atoms with Crippen molar-refractivity contribution >= 4 is 49.8 Å². The van der Waals surface area contributed by atoms with Gasteiger partial charge in [0, 0.05) is 31.4 Å². The van der Waals surface area contributed by atoms with E-state index in [4.69, 9.17) is 11.6 Å². The average Bonchev–Trinajstić information content (AvgIpc) is 3.39. The van der Waals surface area contributed by atoms with E-state index in [1.165, 1.54) is 43.7 Å². The van der Waals surface area contributed by atoms with Crippen molar-refractivity contribution in [1.29, 1.82) is 0 Å². The predicted molar refractivity (Wildman–Crippen MR) is 147 cm³/mol. The van der Waals surface area contributed by atoms with Crippen LogP contribution in [0.5, 0.6) is 0 Å². The van der Waals surface area contributed by atoms with Crippen molar-refractivity contribution in [2.24, 2.45) is 7.05 Å². The van der Waals surface area contributed by atoms with Crippen molar-refractivity contribution in [3.05, 3.63) is 81.9 Å². The lowest BCUT2D eigenvalue weighted by Gasteiger charge is -2.18. The van der Waals surface area contributed by atoms with Crippen molar-refractivity contribution < 1.29 is 30.7 Å². The third-order valence-electron chi connectivity index (χ3n) is 6.56. The van der Waals surface area contributed by atoms with E-state index in [1.807, 2.05) is 0 Å². The molecular formula is C26H22ClF4N5O4S. The Morgan fingerprint density at radius 2 is 1.83 bits per heavy atom. The zero-order valence-electron chi connectivity index (χ0n) is 21.2. The number of rotatable bonds is 8. The lowest BCUT2D eigenvalue weighted by molar-refractivity contribution is -0.157. The van der Waals surface area contributed by atoms with E-state index >= 15 is 4.39 Å². The first kappa shape index (κ1) is 28.8. The van der Waals surface area contributed by atoms with Crippen LogP contribution in [-0.4, -0.2) is 48.1 Å². The average molecular weight is 612 g/mol. The lowest BCUT2D eigenvalue weighted by Crippen LogP contribution is -2.35. The first-order chi connectivity index (χ1) is 19.4. The van der Waals surface area contributed by atoms with Crippen LogP contribution in [0.1, 0.15) is 6.42 Å². The van der Waals surface area contributed by atoms with Gasteiger partial charge in [-0.25, -0.2) is 13.8 Å². The number of fused-ring (bicyclic) bond motifs is 1. The van der Waals surface area contributed by atoms with Crippen molar-refractivity contribution in [1.82, 2.24) is 13.9 Å². The highest BCUT2D eigenvalue weighted by molar-refractivity contribution is 7.90. The van der Waals surface area contributed by atoms with Gasteiger partial charge in [-0.2, -0.15) is 21.5 Å². The molecule has 1 atom stereocenters. The largest absolute Gasteiger partial charge is 0.349 e. The van der Waals surface area contributed by atoms with Crippen molar-refractivity contribution in [3.63, 3.8) is 0 Å². The van der Waals surface area contributed by atoms with Gasteiger partial charge in [0.05, 0.1) is 34.3 Å². The fourth-order valence-corrected chi connectivity index (χ4v) is 6.06. The number of hydrogen-bond acceptors (Lipinski definition) is 6. The monoisotopic (exact) mass is 611 g/mol. The molecule has 1 saturated heterocycles. The Labute approximate surface area is 236 Å². The number of nitrogens with zero attached hydrogens (tertiary/aromatic N) is 3. The normalized spacial score (nSPS) is 16.0. The minimum Gasteiger partial charge on any atom is -0.349 e. The zero-order chi connectivity index (χ0) is 29.5. The Bertz CT molecular complexity index is 1790. The second-order valence-corrected chi connectivity index (χ2v) is 11.3. The minimum absolute atomic E-state index is 0.0225. The molecule has 0 bridgehead atoms. The summed E-state index contributed by atoms with van der Waals surface area (Å²) in [5.41, 5.74) is 0.143. The summed E-state index contributed by atoms with van der Waals surface area (Å²) in [6, 6.07) is 11.3. The maximum Gasteiger partial charge on any atom is 0.345 e. The van der Waals surface area contributed by atoms with Gasteiger partial charge in [0.25, 0.3) is 5.56 Å². The van der Waals surface area contributed by atoms with Gasteiger partial charge in [0.1, 0.15) is 11.2 Å². The van der Waals surface area contributed by atoms with Crippen LogP contribution in [0.15, 0.2) is 59.7 Å². The number of hydrogen-bond donors (Lipinski definition) is 2. The van der Waals surface area contributed by atoms with Gasteiger partial charge in [-0.1, -0.05) is 23.7 Å². The molecule has 0 saturated carbocycles. The Hall–Kier alpha value is -3.72. The smallest absolute Gasteiger partial charge is 0.345 e. The van der Waals surface area contributed by atoms with E-state index in [9.17, 15) is 26.4 Å². The summed E-state index contributed by atoms with van der Waals surface area (Å²) >= 11 is 6.52. The van der Waals surface area contributed by atoms with Crippen molar-refractivity contribution in [2.45, 2.75) is 19.1 Å². The van der Waals surface area contributed by atoms with Crippen LogP contribution in [0.3, 0.4) is 0 Å². The molecule has 0 radical (unpaired) electrons. The number of ether oxygens (including phenoxy) is 1. The maximum absolute atomic E-state index is 15.3. The van der Waals surface area contributed by atoms with Crippen molar-refractivity contribution in [3.8, 4) is 11.1 Å². The summed E-state index contributed by atoms with van der Waals surface area (Å²) in [4.78, 5) is 16.5. The van der Waals surface area contributed by atoms with Gasteiger partial charge in [-0.05, 0) is 48.4 Å². The van der Waals surface area contributed by atoms with Crippen LogP contribution in [0.2, 0.25) is 5.02 Å². The molecule has 41 heavy (non-hydrogen) atoms. The van der Waals surface area contributed by atoms with E-state index in [2.05, 4.69) is 19.8 Å². The summed E-state index contributed by atoms with van der Waals surface area (Å²) in [6.07, 6.45) is 0.504. The number of benzene rings is 3. The Morgan fingerprint density at radius 1 is 1.10 bits per heavy atom. The highest BCUT2D eigenvalue weighted by Gasteiger charge is 2.33. The summed E-state index contributed by atoms with van der Waals surface area (Å²) in [5.74, 6) is -1.69. The summed E-state index contributed by atoms with van der Waals surface area (Å²) in [7, 11) is -2.60. The molecule has 0 amide bonds. The molecule has 216 valence electrons. The molecule has 0 unspecified atom stereocenters. The summed E-state index contributed by atoms with van der Waals surface area (Å²) in [6.45, 7) is -3.17. The van der Waals surface area contributed by atoms with E-state index in [0.29, 0.717) is 11.1 Å². The van der Waals surface area contributed by atoms with Crippen LogP contribution < -0.4 is 15.6 Å². The molecule has 1 aliphatic heterocycles. The van der Waals surface area contributed by atoms with Crippen LogP contribution in [0.25, 0.3) is 22.0 Å². The summed E-state index contributed by atoms with van der Waals surface area (Å²) < 4.78 is 89.3. The number of alkyl halides is 2. The molecule has 0 spiro atoms. The van der Waals surface area contributed by atoms with Crippen LogP contribution in [0, 0.1) is 11.6 Å².